The van der Waals surface area contributed by atoms with Crippen molar-refractivity contribution >= 4 is 20.8 Å². The lowest BCUT2D eigenvalue weighted by atomic mass is 10.1. The van der Waals surface area contributed by atoms with E-state index in [2.05, 4.69) is 4.72 Å². The molecule has 2 aromatic carbocycles. The number of hydrogen-bond donors (Lipinski definition) is 2. The van der Waals surface area contributed by atoms with Crippen LogP contribution >= 0.6 is 0 Å². The summed E-state index contributed by atoms with van der Waals surface area (Å²) in [4.78, 5) is 0.186. The van der Waals surface area contributed by atoms with Crippen LogP contribution < -0.4 is 9.46 Å². The van der Waals surface area contributed by atoms with Crippen molar-refractivity contribution in [2.75, 3.05) is 13.7 Å². The summed E-state index contributed by atoms with van der Waals surface area (Å²) in [5.74, 6) is 0.624. The van der Waals surface area contributed by atoms with Gasteiger partial charge >= 0.3 is 0 Å². The molecule has 0 aliphatic carbocycles. The molecule has 0 saturated carbocycles. The lowest BCUT2D eigenvalue weighted by Gasteiger charge is -2.16. The summed E-state index contributed by atoms with van der Waals surface area (Å²) in [7, 11) is -2.15. The first-order valence-corrected chi connectivity index (χ1v) is 8.20. The van der Waals surface area contributed by atoms with Crippen LogP contribution in [0.3, 0.4) is 0 Å². The first kappa shape index (κ1) is 15.8. The fraction of sp³-hybridized carbons (Fsp3) is 0.333. The zero-order valence-electron chi connectivity index (χ0n) is 12.0. The average Bonchev–Trinajstić information content (AvgIpc) is 2.51. The minimum Gasteiger partial charge on any atom is -0.496 e. The van der Waals surface area contributed by atoms with Gasteiger partial charge in [0, 0.05) is 16.8 Å². The van der Waals surface area contributed by atoms with E-state index >= 15 is 0 Å². The molecule has 114 valence electrons. The fourth-order valence-electron chi connectivity index (χ4n) is 2.19. The van der Waals surface area contributed by atoms with Crippen LogP contribution in [-0.2, 0) is 10.0 Å². The SMILES string of the molecule is CC[C@H](CO)NS(=O)(=O)c1ccc(OC)c2ccccc12. The Kier molecular flexibility index (Phi) is 4.82. The van der Waals surface area contributed by atoms with Gasteiger partial charge in [0.1, 0.15) is 5.75 Å². The molecule has 0 spiro atoms. The van der Waals surface area contributed by atoms with E-state index in [1.807, 2.05) is 19.1 Å². The number of hydrogen-bond acceptors (Lipinski definition) is 4. The summed E-state index contributed by atoms with van der Waals surface area (Å²) >= 11 is 0. The van der Waals surface area contributed by atoms with Crippen LogP contribution in [0.4, 0.5) is 0 Å². The molecule has 2 aromatic rings. The van der Waals surface area contributed by atoms with E-state index in [4.69, 9.17) is 4.74 Å². The Morgan fingerprint density at radius 1 is 1.19 bits per heavy atom. The van der Waals surface area contributed by atoms with E-state index in [1.54, 1.807) is 25.3 Å². The maximum Gasteiger partial charge on any atom is 0.241 e. The minimum atomic E-state index is -3.70. The van der Waals surface area contributed by atoms with Crippen LogP contribution in [-0.4, -0.2) is 33.3 Å². The number of sulfonamides is 1. The van der Waals surface area contributed by atoms with E-state index in [-0.39, 0.29) is 11.5 Å². The average molecular weight is 309 g/mol. The molecule has 2 rings (SSSR count). The number of aliphatic hydroxyl groups excluding tert-OH is 1. The Labute approximate surface area is 124 Å². The number of methoxy groups -OCH3 is 1. The number of fused-ring (bicyclic) bond motifs is 1. The van der Waals surface area contributed by atoms with Crippen LogP contribution in [0.15, 0.2) is 41.3 Å². The number of ether oxygens (including phenoxy) is 1. The lowest BCUT2D eigenvalue weighted by molar-refractivity contribution is 0.254. The van der Waals surface area contributed by atoms with Crippen LogP contribution in [0.5, 0.6) is 5.75 Å². The van der Waals surface area contributed by atoms with Gasteiger partial charge in [0.2, 0.25) is 10.0 Å². The first-order valence-electron chi connectivity index (χ1n) is 6.72. The van der Waals surface area contributed by atoms with Gasteiger partial charge in [-0.15, -0.1) is 0 Å². The second-order valence-corrected chi connectivity index (χ2v) is 6.40. The number of rotatable bonds is 6. The van der Waals surface area contributed by atoms with E-state index in [9.17, 15) is 13.5 Å². The van der Waals surface area contributed by atoms with Crippen molar-refractivity contribution in [2.24, 2.45) is 0 Å². The molecule has 0 unspecified atom stereocenters. The summed E-state index contributed by atoms with van der Waals surface area (Å²) in [5, 5.41) is 10.5. The van der Waals surface area contributed by atoms with Crippen molar-refractivity contribution in [2.45, 2.75) is 24.3 Å². The maximum absolute atomic E-state index is 12.5. The molecule has 0 fully saturated rings. The Hall–Kier alpha value is -1.63. The molecule has 0 saturated heterocycles. The Morgan fingerprint density at radius 3 is 2.43 bits per heavy atom. The van der Waals surface area contributed by atoms with E-state index in [0.29, 0.717) is 17.6 Å². The third kappa shape index (κ3) is 3.18. The van der Waals surface area contributed by atoms with Gasteiger partial charge in [-0.05, 0) is 18.6 Å². The lowest BCUT2D eigenvalue weighted by Crippen LogP contribution is -2.36. The summed E-state index contributed by atoms with van der Waals surface area (Å²) in [6.45, 7) is 1.58. The van der Waals surface area contributed by atoms with Crippen molar-refractivity contribution in [1.82, 2.24) is 4.72 Å². The monoisotopic (exact) mass is 309 g/mol. The van der Waals surface area contributed by atoms with Crippen LogP contribution in [0, 0.1) is 0 Å². The van der Waals surface area contributed by atoms with Gasteiger partial charge in [0.25, 0.3) is 0 Å². The van der Waals surface area contributed by atoms with Crippen molar-refractivity contribution in [3.63, 3.8) is 0 Å². The quantitative estimate of drug-likeness (QED) is 0.854. The third-order valence-electron chi connectivity index (χ3n) is 3.39. The van der Waals surface area contributed by atoms with Crippen molar-refractivity contribution in [3.05, 3.63) is 36.4 Å². The minimum absolute atomic E-state index is 0.186. The topological polar surface area (TPSA) is 75.6 Å². The molecule has 0 bridgehead atoms. The first-order chi connectivity index (χ1) is 10.0. The highest BCUT2D eigenvalue weighted by Crippen LogP contribution is 2.30. The van der Waals surface area contributed by atoms with Crippen LogP contribution in [0.1, 0.15) is 13.3 Å². The molecule has 0 aliphatic heterocycles. The molecule has 0 aliphatic rings. The third-order valence-corrected chi connectivity index (χ3v) is 4.97. The molecule has 0 heterocycles. The predicted molar refractivity (Wildman–Crippen MR) is 82.0 cm³/mol. The Morgan fingerprint density at radius 2 is 1.86 bits per heavy atom. The zero-order valence-corrected chi connectivity index (χ0v) is 12.9. The van der Waals surface area contributed by atoms with Crippen molar-refractivity contribution in [3.8, 4) is 5.75 Å². The number of benzene rings is 2. The Balaban J connectivity index is 2.57. The smallest absolute Gasteiger partial charge is 0.241 e. The molecule has 1 atom stereocenters. The van der Waals surface area contributed by atoms with Crippen LogP contribution in [0.2, 0.25) is 0 Å². The van der Waals surface area contributed by atoms with E-state index in [1.165, 1.54) is 6.07 Å². The number of nitrogens with one attached hydrogen (secondary N) is 1. The molecule has 0 amide bonds. The molecule has 5 nitrogen and oxygen atoms in total. The van der Waals surface area contributed by atoms with Crippen molar-refractivity contribution < 1.29 is 18.3 Å². The summed E-state index contributed by atoms with van der Waals surface area (Å²) in [6.07, 6.45) is 0.518. The van der Waals surface area contributed by atoms with Gasteiger partial charge in [-0.2, -0.15) is 0 Å². The Bertz CT molecular complexity index is 724. The molecule has 6 heteroatoms. The second kappa shape index (κ2) is 6.43. The van der Waals surface area contributed by atoms with Gasteiger partial charge in [-0.25, -0.2) is 13.1 Å². The van der Waals surface area contributed by atoms with E-state index < -0.39 is 16.1 Å². The highest BCUT2D eigenvalue weighted by molar-refractivity contribution is 7.89. The largest absolute Gasteiger partial charge is 0.496 e. The molecule has 0 radical (unpaired) electrons. The van der Waals surface area contributed by atoms with Gasteiger partial charge in [0.05, 0.1) is 18.6 Å². The molecular weight excluding hydrogens is 290 g/mol. The summed E-state index contributed by atoms with van der Waals surface area (Å²) in [6, 6.07) is 9.84. The van der Waals surface area contributed by atoms with Gasteiger partial charge in [0.15, 0.2) is 0 Å². The maximum atomic E-state index is 12.5. The summed E-state index contributed by atoms with van der Waals surface area (Å²) in [5.41, 5.74) is 0. The second-order valence-electron chi connectivity index (χ2n) is 4.72. The molecule has 0 aromatic heterocycles. The highest BCUT2D eigenvalue weighted by atomic mass is 32.2. The normalized spacial score (nSPS) is 13.3. The highest BCUT2D eigenvalue weighted by Gasteiger charge is 2.21. The van der Waals surface area contributed by atoms with Crippen molar-refractivity contribution in [1.29, 1.82) is 0 Å². The summed E-state index contributed by atoms with van der Waals surface area (Å²) < 4.78 is 32.8. The predicted octanol–water partition coefficient (Wildman–Crippen LogP) is 1.90. The van der Waals surface area contributed by atoms with Gasteiger partial charge in [-0.3, -0.25) is 0 Å². The molecular formula is C15H19NO4S. The zero-order chi connectivity index (χ0) is 15.5. The van der Waals surface area contributed by atoms with E-state index in [0.717, 1.165) is 5.39 Å². The number of aliphatic hydroxyl groups is 1. The van der Waals surface area contributed by atoms with Gasteiger partial charge in [-0.1, -0.05) is 31.2 Å². The van der Waals surface area contributed by atoms with Gasteiger partial charge < -0.3 is 9.84 Å². The van der Waals surface area contributed by atoms with Crippen LogP contribution in [0.25, 0.3) is 10.8 Å². The molecule has 21 heavy (non-hydrogen) atoms. The molecule has 2 N–H and O–H groups in total. The fourth-order valence-corrected chi connectivity index (χ4v) is 3.71. The standard InChI is InChI=1S/C15H19NO4S/c1-3-11(10-17)16-21(18,19)15-9-8-14(20-2)12-6-4-5-7-13(12)15/h4-9,11,16-17H,3,10H2,1-2H3/t11-/m1/s1.